The third kappa shape index (κ3) is 4.20. The fourth-order valence-corrected chi connectivity index (χ4v) is 3.41. The van der Waals surface area contributed by atoms with E-state index in [1.54, 1.807) is 30.3 Å². The number of phenols is 1. The van der Waals surface area contributed by atoms with Crippen molar-refractivity contribution in [2.24, 2.45) is 5.92 Å². The Morgan fingerprint density at radius 1 is 1.04 bits per heavy atom. The van der Waals surface area contributed by atoms with Crippen molar-refractivity contribution in [3.05, 3.63) is 58.6 Å². The minimum Gasteiger partial charge on any atom is -0.507 e. The molecule has 3 rings (SSSR count). The van der Waals surface area contributed by atoms with Crippen LogP contribution in [-0.4, -0.2) is 16.8 Å². The Labute approximate surface area is 151 Å². The van der Waals surface area contributed by atoms with Gasteiger partial charge in [-0.15, -0.1) is 0 Å². The molecular formula is C20H20ClNO3. The monoisotopic (exact) mass is 357 g/mol. The van der Waals surface area contributed by atoms with Gasteiger partial charge in [0.15, 0.2) is 5.78 Å². The van der Waals surface area contributed by atoms with Gasteiger partial charge in [-0.25, -0.2) is 0 Å². The SMILES string of the molecule is O=C(Nc1cccc(C(=O)C2CCCCC2)c1)c1ccc(Cl)cc1O. The fraction of sp³-hybridized carbons (Fsp3) is 0.300. The van der Waals surface area contributed by atoms with Crippen LogP contribution >= 0.6 is 11.6 Å². The number of ketones is 1. The summed E-state index contributed by atoms with van der Waals surface area (Å²) >= 11 is 5.78. The quantitative estimate of drug-likeness (QED) is 0.751. The number of hydrogen-bond donors (Lipinski definition) is 2. The standard InChI is InChI=1S/C20H20ClNO3/c21-15-9-10-17(18(23)12-15)20(25)22-16-8-4-7-14(11-16)19(24)13-5-2-1-3-6-13/h4,7-13,23H,1-3,5-6H2,(H,22,25). The predicted molar refractivity (Wildman–Crippen MR) is 98.4 cm³/mol. The largest absolute Gasteiger partial charge is 0.507 e. The number of amides is 1. The maximum Gasteiger partial charge on any atom is 0.259 e. The topological polar surface area (TPSA) is 66.4 Å². The minimum absolute atomic E-state index is 0.0833. The Hall–Kier alpha value is -2.33. The molecule has 1 saturated carbocycles. The molecule has 4 nitrogen and oxygen atoms in total. The first kappa shape index (κ1) is 17.5. The van der Waals surface area contributed by atoms with Crippen LogP contribution in [0.5, 0.6) is 5.75 Å². The van der Waals surface area contributed by atoms with Crippen LogP contribution in [0.4, 0.5) is 5.69 Å². The molecule has 0 bridgehead atoms. The lowest BCUT2D eigenvalue weighted by Gasteiger charge is -2.20. The summed E-state index contributed by atoms with van der Waals surface area (Å²) in [4.78, 5) is 25.0. The van der Waals surface area contributed by atoms with E-state index in [0.29, 0.717) is 16.3 Å². The van der Waals surface area contributed by atoms with Gasteiger partial charge in [0.1, 0.15) is 5.75 Å². The van der Waals surface area contributed by atoms with Gasteiger partial charge in [-0.05, 0) is 43.2 Å². The molecule has 1 amide bonds. The predicted octanol–water partition coefficient (Wildman–Crippen LogP) is 5.06. The minimum atomic E-state index is -0.448. The van der Waals surface area contributed by atoms with E-state index in [2.05, 4.69) is 5.32 Å². The van der Waals surface area contributed by atoms with Crippen LogP contribution < -0.4 is 5.32 Å². The van der Waals surface area contributed by atoms with E-state index in [4.69, 9.17) is 11.6 Å². The lowest BCUT2D eigenvalue weighted by atomic mass is 9.84. The molecule has 5 heteroatoms. The van der Waals surface area contributed by atoms with Gasteiger partial charge in [0.05, 0.1) is 5.56 Å². The number of benzene rings is 2. The highest BCUT2D eigenvalue weighted by molar-refractivity contribution is 6.31. The first-order valence-corrected chi connectivity index (χ1v) is 8.86. The first-order chi connectivity index (χ1) is 12.0. The van der Waals surface area contributed by atoms with Gasteiger partial charge in [0, 0.05) is 22.2 Å². The van der Waals surface area contributed by atoms with Crippen molar-refractivity contribution < 1.29 is 14.7 Å². The summed E-state index contributed by atoms with van der Waals surface area (Å²) in [6.45, 7) is 0. The van der Waals surface area contributed by atoms with Crippen LogP contribution in [0.1, 0.15) is 52.8 Å². The van der Waals surface area contributed by atoms with Gasteiger partial charge in [0.2, 0.25) is 0 Å². The van der Waals surface area contributed by atoms with Crippen LogP contribution in [0.2, 0.25) is 5.02 Å². The van der Waals surface area contributed by atoms with Gasteiger partial charge in [-0.1, -0.05) is 43.0 Å². The normalized spacial score (nSPS) is 14.9. The summed E-state index contributed by atoms with van der Waals surface area (Å²) < 4.78 is 0. The summed E-state index contributed by atoms with van der Waals surface area (Å²) in [5.74, 6) is -0.402. The number of hydrogen-bond acceptors (Lipinski definition) is 3. The molecule has 0 radical (unpaired) electrons. The number of phenolic OH excluding ortho intramolecular Hbond substituents is 1. The molecule has 25 heavy (non-hydrogen) atoms. The number of anilines is 1. The zero-order valence-corrected chi connectivity index (χ0v) is 14.6. The summed E-state index contributed by atoms with van der Waals surface area (Å²) in [6, 6.07) is 11.3. The van der Waals surface area contributed by atoms with Gasteiger partial charge in [-0.3, -0.25) is 9.59 Å². The molecule has 2 aromatic rings. The smallest absolute Gasteiger partial charge is 0.259 e. The molecule has 0 atom stereocenters. The zero-order valence-electron chi connectivity index (χ0n) is 13.8. The fourth-order valence-electron chi connectivity index (χ4n) is 3.25. The highest BCUT2D eigenvalue weighted by atomic mass is 35.5. The second kappa shape index (κ2) is 7.70. The lowest BCUT2D eigenvalue weighted by Crippen LogP contribution is -2.18. The molecule has 0 aromatic heterocycles. The molecular weight excluding hydrogens is 338 g/mol. The highest BCUT2D eigenvalue weighted by Crippen LogP contribution is 2.28. The Morgan fingerprint density at radius 3 is 2.52 bits per heavy atom. The number of halogens is 1. The van der Waals surface area contributed by atoms with Crippen molar-refractivity contribution in [1.29, 1.82) is 0 Å². The van der Waals surface area contributed by atoms with Crippen molar-refractivity contribution in [2.45, 2.75) is 32.1 Å². The summed E-state index contributed by atoms with van der Waals surface area (Å²) in [7, 11) is 0. The van der Waals surface area contributed by atoms with Gasteiger partial charge < -0.3 is 10.4 Å². The number of aromatic hydroxyl groups is 1. The maximum absolute atomic E-state index is 12.6. The second-order valence-electron chi connectivity index (χ2n) is 6.40. The number of nitrogens with one attached hydrogen (secondary N) is 1. The van der Waals surface area contributed by atoms with Crippen LogP contribution in [-0.2, 0) is 0 Å². The lowest BCUT2D eigenvalue weighted by molar-refractivity contribution is 0.0889. The van der Waals surface area contributed by atoms with Crippen LogP contribution in [0, 0.1) is 5.92 Å². The number of carbonyl (C=O) groups is 2. The van der Waals surface area contributed by atoms with Crippen molar-refractivity contribution in [1.82, 2.24) is 0 Å². The Bertz CT molecular complexity index is 797. The van der Waals surface area contributed by atoms with Crippen LogP contribution in [0.25, 0.3) is 0 Å². The van der Waals surface area contributed by atoms with Gasteiger partial charge in [-0.2, -0.15) is 0 Å². The molecule has 0 aliphatic heterocycles. The maximum atomic E-state index is 12.6. The highest BCUT2D eigenvalue weighted by Gasteiger charge is 2.22. The molecule has 2 N–H and O–H groups in total. The number of carbonyl (C=O) groups excluding carboxylic acids is 2. The third-order valence-electron chi connectivity index (χ3n) is 4.59. The van der Waals surface area contributed by atoms with E-state index < -0.39 is 5.91 Å². The van der Waals surface area contributed by atoms with Crippen molar-refractivity contribution in [2.75, 3.05) is 5.32 Å². The average molecular weight is 358 g/mol. The van der Waals surface area contributed by atoms with Crippen LogP contribution in [0.3, 0.4) is 0 Å². The summed E-state index contributed by atoms with van der Waals surface area (Å²) in [5.41, 5.74) is 1.28. The Kier molecular flexibility index (Phi) is 5.39. The van der Waals surface area contributed by atoms with E-state index in [1.807, 2.05) is 0 Å². The number of rotatable bonds is 4. The van der Waals surface area contributed by atoms with E-state index in [-0.39, 0.29) is 23.0 Å². The molecule has 1 aliphatic carbocycles. The molecule has 0 heterocycles. The molecule has 0 saturated heterocycles. The van der Waals surface area contributed by atoms with Crippen molar-refractivity contribution in [3.8, 4) is 5.75 Å². The van der Waals surface area contributed by atoms with Crippen molar-refractivity contribution in [3.63, 3.8) is 0 Å². The summed E-state index contributed by atoms with van der Waals surface area (Å²) in [5, 5.41) is 12.9. The van der Waals surface area contributed by atoms with Gasteiger partial charge in [0.25, 0.3) is 5.91 Å². The van der Waals surface area contributed by atoms with E-state index in [1.165, 1.54) is 18.6 Å². The molecule has 0 spiro atoms. The Morgan fingerprint density at radius 2 is 1.80 bits per heavy atom. The second-order valence-corrected chi connectivity index (χ2v) is 6.83. The average Bonchev–Trinajstić information content (AvgIpc) is 2.62. The van der Waals surface area contributed by atoms with Crippen LogP contribution in [0.15, 0.2) is 42.5 Å². The third-order valence-corrected chi connectivity index (χ3v) is 4.82. The first-order valence-electron chi connectivity index (χ1n) is 8.49. The Balaban J connectivity index is 1.75. The molecule has 0 unspecified atom stereocenters. The number of Topliss-reactive ketones (excluding diaryl/α,β-unsaturated/α-hetero) is 1. The van der Waals surface area contributed by atoms with Crippen molar-refractivity contribution >= 4 is 29.0 Å². The molecule has 1 aliphatic rings. The zero-order chi connectivity index (χ0) is 17.8. The van der Waals surface area contributed by atoms with E-state index in [0.717, 1.165) is 25.7 Å². The molecule has 130 valence electrons. The van der Waals surface area contributed by atoms with E-state index in [9.17, 15) is 14.7 Å². The van der Waals surface area contributed by atoms with E-state index >= 15 is 0 Å². The molecule has 2 aromatic carbocycles. The summed E-state index contributed by atoms with van der Waals surface area (Å²) in [6.07, 6.45) is 5.28. The molecule has 1 fully saturated rings. The van der Waals surface area contributed by atoms with Gasteiger partial charge >= 0.3 is 0 Å².